The fourth-order valence-electron chi connectivity index (χ4n) is 1.45. The number of nitrogens with zero attached hydrogens (tertiary/aromatic N) is 2. The Balaban J connectivity index is 2.34. The molecule has 0 aliphatic carbocycles. The molecule has 2 aromatic heterocycles. The monoisotopic (exact) mass is 383 g/mol. The number of thiophene rings is 1. The van der Waals surface area contributed by atoms with Crippen molar-refractivity contribution in [2.75, 3.05) is 4.72 Å². The summed E-state index contributed by atoms with van der Waals surface area (Å²) in [6.07, 6.45) is 1.55. The van der Waals surface area contributed by atoms with Gasteiger partial charge in [0.25, 0.3) is 10.0 Å². The Morgan fingerprint density at radius 1 is 1.53 bits per heavy atom. The van der Waals surface area contributed by atoms with Crippen molar-refractivity contribution in [3.05, 3.63) is 27.1 Å². The first-order valence-corrected chi connectivity index (χ1v) is 8.79. The summed E-state index contributed by atoms with van der Waals surface area (Å²) in [5, 5.41) is 4.45. The number of rotatable bonds is 4. The molecule has 0 saturated carbocycles. The second kappa shape index (κ2) is 5.43. The Morgan fingerprint density at radius 3 is 2.74 bits per heavy atom. The number of aromatic nitrogens is 2. The summed E-state index contributed by atoms with van der Waals surface area (Å²) in [6, 6.07) is 3.09. The molecule has 0 bridgehead atoms. The van der Waals surface area contributed by atoms with Gasteiger partial charge in [-0.2, -0.15) is 5.10 Å². The highest BCUT2D eigenvalue weighted by atomic mass is 79.9. The summed E-state index contributed by atoms with van der Waals surface area (Å²) < 4.78 is 29.3. The van der Waals surface area contributed by atoms with E-state index in [1.807, 2.05) is 13.8 Å². The van der Waals surface area contributed by atoms with Gasteiger partial charge in [-0.15, -0.1) is 11.3 Å². The molecular formula is C10H11BrClN3O2S2. The Bertz CT molecular complexity index is 674. The number of halogens is 2. The van der Waals surface area contributed by atoms with Crippen LogP contribution in [-0.2, 0) is 10.0 Å². The average Bonchev–Trinajstić information content (AvgIpc) is 2.87. The number of nitrogens with one attached hydrogen (secondary N) is 1. The Morgan fingerprint density at radius 2 is 2.21 bits per heavy atom. The highest BCUT2D eigenvalue weighted by Gasteiger charge is 2.21. The van der Waals surface area contributed by atoms with Gasteiger partial charge in [-0.25, -0.2) is 13.1 Å². The van der Waals surface area contributed by atoms with Gasteiger partial charge in [0.15, 0.2) is 0 Å². The van der Waals surface area contributed by atoms with E-state index in [9.17, 15) is 8.42 Å². The predicted molar refractivity (Wildman–Crippen MR) is 80.4 cm³/mol. The van der Waals surface area contributed by atoms with Gasteiger partial charge in [0.2, 0.25) is 0 Å². The molecule has 9 heteroatoms. The minimum atomic E-state index is -3.65. The maximum Gasteiger partial charge on any atom is 0.272 e. The molecule has 2 heterocycles. The van der Waals surface area contributed by atoms with E-state index in [2.05, 4.69) is 25.8 Å². The molecule has 2 aromatic rings. The smallest absolute Gasteiger partial charge is 0.263 e. The summed E-state index contributed by atoms with van der Waals surface area (Å²) in [5.41, 5.74) is 0. The molecular weight excluding hydrogens is 374 g/mol. The van der Waals surface area contributed by atoms with Crippen LogP contribution in [0.2, 0.25) is 5.02 Å². The van der Waals surface area contributed by atoms with E-state index in [0.717, 1.165) is 11.3 Å². The van der Waals surface area contributed by atoms with Crippen LogP contribution in [-0.4, -0.2) is 18.2 Å². The van der Waals surface area contributed by atoms with Crippen LogP contribution in [0.25, 0.3) is 0 Å². The van der Waals surface area contributed by atoms with Crippen LogP contribution in [0.15, 0.2) is 26.3 Å². The predicted octanol–water partition coefficient (Wildman–Crippen LogP) is 3.74. The summed E-state index contributed by atoms with van der Waals surface area (Å²) >= 11 is 10.1. The van der Waals surface area contributed by atoms with Crippen molar-refractivity contribution in [1.29, 1.82) is 0 Å². The molecule has 1 N–H and O–H groups in total. The number of sulfonamides is 1. The van der Waals surface area contributed by atoms with Crippen LogP contribution < -0.4 is 4.72 Å². The summed E-state index contributed by atoms with van der Waals surface area (Å²) in [5.74, 6) is 0.427. The molecule has 2 rings (SSSR count). The lowest BCUT2D eigenvalue weighted by Gasteiger charge is -2.12. The zero-order chi connectivity index (χ0) is 14.2. The maximum absolute atomic E-state index is 12.2. The Labute approximate surface area is 128 Å². The van der Waals surface area contributed by atoms with Crippen molar-refractivity contribution < 1.29 is 8.42 Å². The van der Waals surface area contributed by atoms with Gasteiger partial charge in [-0.3, -0.25) is 4.72 Å². The normalized spacial score (nSPS) is 12.1. The molecule has 0 aliphatic rings. The molecule has 0 aliphatic heterocycles. The second-order valence-corrected chi connectivity index (χ2v) is 8.73. The SMILES string of the molecule is CC(C)n1nccc1NS(=O)(=O)c1cc(Cl)c(Br)s1. The third kappa shape index (κ3) is 3.13. The van der Waals surface area contributed by atoms with Gasteiger partial charge >= 0.3 is 0 Å². The zero-order valence-electron chi connectivity index (χ0n) is 10.1. The van der Waals surface area contributed by atoms with Crippen molar-refractivity contribution in [2.45, 2.75) is 24.1 Å². The summed E-state index contributed by atoms with van der Waals surface area (Å²) in [6.45, 7) is 3.84. The Kier molecular flexibility index (Phi) is 4.24. The van der Waals surface area contributed by atoms with E-state index in [4.69, 9.17) is 11.6 Å². The summed E-state index contributed by atoms with van der Waals surface area (Å²) in [7, 11) is -3.65. The highest BCUT2D eigenvalue weighted by Crippen LogP contribution is 2.35. The summed E-state index contributed by atoms with van der Waals surface area (Å²) in [4.78, 5) is 0. The van der Waals surface area contributed by atoms with Gasteiger partial charge in [0, 0.05) is 12.1 Å². The first kappa shape index (κ1) is 14.8. The third-order valence-corrected chi connectivity index (χ3v) is 6.59. The van der Waals surface area contributed by atoms with Crippen LogP contribution in [0, 0.1) is 0 Å². The lowest BCUT2D eigenvalue weighted by atomic mass is 10.4. The molecule has 0 spiro atoms. The van der Waals surface area contributed by atoms with E-state index in [1.165, 1.54) is 6.07 Å². The van der Waals surface area contributed by atoms with Crippen LogP contribution in [0.4, 0.5) is 5.82 Å². The van der Waals surface area contributed by atoms with Crippen molar-refractivity contribution in [3.8, 4) is 0 Å². The van der Waals surface area contributed by atoms with E-state index in [0.29, 0.717) is 14.6 Å². The molecule has 0 radical (unpaired) electrons. The average molecular weight is 385 g/mol. The van der Waals surface area contributed by atoms with Gasteiger partial charge in [0.1, 0.15) is 10.0 Å². The van der Waals surface area contributed by atoms with E-state index < -0.39 is 10.0 Å². The lowest BCUT2D eigenvalue weighted by Crippen LogP contribution is -2.16. The second-order valence-electron chi connectivity index (χ2n) is 4.05. The van der Waals surface area contributed by atoms with E-state index in [-0.39, 0.29) is 10.3 Å². The van der Waals surface area contributed by atoms with Gasteiger partial charge in [-0.05, 0) is 35.8 Å². The van der Waals surface area contributed by atoms with Crippen molar-refractivity contribution in [2.24, 2.45) is 0 Å². The van der Waals surface area contributed by atoms with E-state index >= 15 is 0 Å². The van der Waals surface area contributed by atoms with E-state index in [1.54, 1.807) is 16.9 Å². The van der Waals surface area contributed by atoms with Gasteiger partial charge in [-0.1, -0.05) is 11.6 Å². The first-order valence-electron chi connectivity index (χ1n) is 5.32. The zero-order valence-corrected chi connectivity index (χ0v) is 14.1. The number of hydrogen-bond donors (Lipinski definition) is 1. The number of hydrogen-bond acceptors (Lipinski definition) is 4. The molecule has 0 saturated heterocycles. The van der Waals surface area contributed by atoms with Crippen molar-refractivity contribution in [1.82, 2.24) is 9.78 Å². The van der Waals surface area contributed by atoms with Gasteiger partial charge < -0.3 is 0 Å². The minimum Gasteiger partial charge on any atom is -0.263 e. The molecule has 0 unspecified atom stereocenters. The van der Waals surface area contributed by atoms with Gasteiger partial charge in [0.05, 0.1) is 15.0 Å². The minimum absolute atomic E-state index is 0.0614. The fourth-order valence-corrected chi connectivity index (χ4v) is 4.90. The molecule has 0 aromatic carbocycles. The molecule has 0 amide bonds. The highest BCUT2D eigenvalue weighted by molar-refractivity contribution is 9.11. The Hall–Kier alpha value is -0.570. The maximum atomic E-state index is 12.2. The molecule has 19 heavy (non-hydrogen) atoms. The van der Waals surface area contributed by atoms with Crippen LogP contribution >= 0.6 is 38.9 Å². The first-order chi connectivity index (χ1) is 8.81. The van der Waals surface area contributed by atoms with Crippen LogP contribution in [0.3, 0.4) is 0 Å². The van der Waals surface area contributed by atoms with Crippen molar-refractivity contribution >= 4 is 54.7 Å². The molecule has 5 nitrogen and oxygen atoms in total. The largest absolute Gasteiger partial charge is 0.272 e. The standard InChI is InChI=1S/C10H11BrClN3O2S2/c1-6(2)15-8(3-4-13-15)14-19(16,17)9-5-7(12)10(11)18-9/h3-6,14H,1-2H3. The van der Waals surface area contributed by atoms with Crippen molar-refractivity contribution in [3.63, 3.8) is 0 Å². The van der Waals surface area contributed by atoms with Crippen LogP contribution in [0.5, 0.6) is 0 Å². The lowest BCUT2D eigenvalue weighted by molar-refractivity contribution is 0.539. The third-order valence-electron chi connectivity index (χ3n) is 2.29. The topological polar surface area (TPSA) is 64.0 Å². The molecule has 0 fully saturated rings. The molecule has 0 atom stereocenters. The number of anilines is 1. The molecule has 104 valence electrons. The fraction of sp³-hybridized carbons (Fsp3) is 0.300. The quantitative estimate of drug-likeness (QED) is 0.873. The van der Waals surface area contributed by atoms with Crippen LogP contribution in [0.1, 0.15) is 19.9 Å².